The molecular formula is C22H28N2O2. The van der Waals surface area contributed by atoms with Gasteiger partial charge in [-0.1, -0.05) is 60.7 Å². The van der Waals surface area contributed by atoms with E-state index in [1.165, 1.54) is 11.1 Å². The second-order valence-corrected chi connectivity index (χ2v) is 6.99. The molecule has 2 N–H and O–H groups in total. The molecule has 4 nitrogen and oxygen atoms in total. The zero-order valence-corrected chi connectivity index (χ0v) is 15.4. The van der Waals surface area contributed by atoms with Crippen LogP contribution in [-0.2, 0) is 22.6 Å². The highest BCUT2D eigenvalue weighted by Crippen LogP contribution is 2.35. The monoisotopic (exact) mass is 352 g/mol. The first-order chi connectivity index (χ1) is 12.7. The highest BCUT2D eigenvalue weighted by Gasteiger charge is 2.41. The van der Waals surface area contributed by atoms with E-state index in [0.29, 0.717) is 25.6 Å². The van der Waals surface area contributed by atoms with E-state index in [4.69, 9.17) is 10.5 Å². The fraction of sp³-hybridized carbons (Fsp3) is 0.409. The second kappa shape index (κ2) is 8.97. The lowest BCUT2D eigenvalue weighted by atomic mass is 10.0. The topological polar surface area (TPSA) is 55.6 Å². The molecule has 26 heavy (non-hydrogen) atoms. The van der Waals surface area contributed by atoms with Crippen molar-refractivity contribution in [3.63, 3.8) is 0 Å². The molecular weight excluding hydrogens is 324 g/mol. The van der Waals surface area contributed by atoms with E-state index in [1.54, 1.807) is 0 Å². The van der Waals surface area contributed by atoms with E-state index in [0.717, 1.165) is 12.8 Å². The van der Waals surface area contributed by atoms with E-state index in [1.807, 2.05) is 43.3 Å². The molecule has 1 saturated carbocycles. The summed E-state index contributed by atoms with van der Waals surface area (Å²) in [5.41, 5.74) is 8.85. The van der Waals surface area contributed by atoms with Gasteiger partial charge in [0.25, 0.3) is 0 Å². The van der Waals surface area contributed by atoms with Crippen molar-refractivity contribution < 1.29 is 9.53 Å². The molecule has 2 unspecified atom stereocenters. The molecule has 0 bridgehead atoms. The molecule has 4 heteroatoms. The van der Waals surface area contributed by atoms with Gasteiger partial charge < -0.3 is 10.5 Å². The zero-order valence-electron chi connectivity index (χ0n) is 15.4. The lowest BCUT2D eigenvalue weighted by molar-refractivity contribution is -0.151. The van der Waals surface area contributed by atoms with Gasteiger partial charge in [-0.15, -0.1) is 0 Å². The van der Waals surface area contributed by atoms with E-state index in [2.05, 4.69) is 29.2 Å². The predicted octanol–water partition coefficient (Wildman–Crippen LogP) is 3.36. The Morgan fingerprint density at radius 2 is 1.54 bits per heavy atom. The lowest BCUT2D eigenvalue weighted by Gasteiger charge is -2.34. The van der Waals surface area contributed by atoms with Gasteiger partial charge in [-0.2, -0.15) is 0 Å². The van der Waals surface area contributed by atoms with Gasteiger partial charge >= 0.3 is 5.97 Å². The number of nitrogens with zero attached hydrogens (tertiary/aromatic N) is 1. The quantitative estimate of drug-likeness (QED) is 0.703. The zero-order chi connectivity index (χ0) is 18.4. The Kier molecular flexibility index (Phi) is 6.42. The van der Waals surface area contributed by atoms with Gasteiger partial charge in [-0.05, 0) is 36.8 Å². The molecule has 0 heterocycles. The molecule has 1 aliphatic rings. The average molecular weight is 352 g/mol. The Morgan fingerprint density at radius 1 is 1.04 bits per heavy atom. The number of hydrogen-bond acceptors (Lipinski definition) is 4. The largest absolute Gasteiger partial charge is 0.465 e. The van der Waals surface area contributed by atoms with Crippen molar-refractivity contribution in [1.82, 2.24) is 4.90 Å². The number of carbonyl (C=O) groups excluding carboxylic acids is 1. The summed E-state index contributed by atoms with van der Waals surface area (Å²) in [4.78, 5) is 15.0. The first kappa shape index (κ1) is 18.6. The first-order valence-electron chi connectivity index (χ1n) is 9.43. The average Bonchev–Trinajstić information content (AvgIpc) is 3.49. The van der Waals surface area contributed by atoms with E-state index >= 15 is 0 Å². The van der Waals surface area contributed by atoms with Crippen molar-refractivity contribution in [2.24, 2.45) is 11.7 Å². The third-order valence-electron chi connectivity index (χ3n) is 4.91. The van der Waals surface area contributed by atoms with Crippen molar-refractivity contribution in [2.45, 2.75) is 44.9 Å². The van der Waals surface area contributed by atoms with Crippen LogP contribution in [0.1, 0.15) is 30.9 Å². The minimum atomic E-state index is -0.428. The number of esters is 1. The lowest BCUT2D eigenvalue weighted by Crippen LogP contribution is -2.53. The Morgan fingerprint density at radius 3 is 1.96 bits per heavy atom. The summed E-state index contributed by atoms with van der Waals surface area (Å²) < 4.78 is 5.40. The van der Waals surface area contributed by atoms with Gasteiger partial charge in [-0.3, -0.25) is 9.69 Å². The maximum Gasteiger partial charge on any atom is 0.325 e. The van der Waals surface area contributed by atoms with Crippen molar-refractivity contribution in [3.05, 3.63) is 71.8 Å². The number of hydrogen-bond donors (Lipinski definition) is 1. The van der Waals surface area contributed by atoms with Crippen LogP contribution in [0.3, 0.4) is 0 Å². The molecule has 0 aromatic heterocycles. The summed E-state index contributed by atoms with van der Waals surface area (Å²) in [7, 11) is 0. The molecule has 2 aromatic rings. The summed E-state index contributed by atoms with van der Waals surface area (Å²) in [5, 5.41) is 0. The summed E-state index contributed by atoms with van der Waals surface area (Å²) in [5.74, 6) is 0.206. The van der Waals surface area contributed by atoms with Crippen LogP contribution in [0, 0.1) is 5.92 Å². The molecule has 1 aliphatic carbocycles. The molecule has 138 valence electrons. The van der Waals surface area contributed by atoms with Gasteiger partial charge in [0.2, 0.25) is 0 Å². The van der Waals surface area contributed by atoms with Crippen LogP contribution in [-0.4, -0.2) is 29.6 Å². The fourth-order valence-electron chi connectivity index (χ4n) is 3.40. The van der Waals surface area contributed by atoms with Crippen molar-refractivity contribution >= 4 is 5.97 Å². The van der Waals surface area contributed by atoms with Crippen LogP contribution < -0.4 is 5.73 Å². The van der Waals surface area contributed by atoms with Gasteiger partial charge in [0, 0.05) is 19.1 Å². The standard InChI is InChI=1S/C22H28N2O2/c1-2-26-22(25)21(20(23)19-13-14-19)24(15-17-9-5-3-6-10-17)16-18-11-7-4-8-12-18/h3-12,19-21H,2,13-16,23H2,1H3. The molecule has 2 atom stereocenters. The normalized spacial score (nSPS) is 16.3. The van der Waals surface area contributed by atoms with Crippen LogP contribution in [0.2, 0.25) is 0 Å². The van der Waals surface area contributed by atoms with Crippen molar-refractivity contribution in [3.8, 4) is 0 Å². The molecule has 0 spiro atoms. The number of carbonyl (C=O) groups is 1. The van der Waals surface area contributed by atoms with Gasteiger partial charge in [-0.25, -0.2) is 0 Å². The maximum atomic E-state index is 12.8. The Hall–Kier alpha value is -2.17. The van der Waals surface area contributed by atoms with Gasteiger partial charge in [0.1, 0.15) is 6.04 Å². The smallest absolute Gasteiger partial charge is 0.325 e. The van der Waals surface area contributed by atoms with Crippen LogP contribution >= 0.6 is 0 Å². The highest BCUT2D eigenvalue weighted by atomic mass is 16.5. The molecule has 0 amide bonds. The van der Waals surface area contributed by atoms with Crippen LogP contribution in [0.25, 0.3) is 0 Å². The number of benzene rings is 2. The molecule has 0 aliphatic heterocycles. The molecule has 1 fully saturated rings. The number of ether oxygens (including phenoxy) is 1. The van der Waals surface area contributed by atoms with Crippen LogP contribution in [0.15, 0.2) is 60.7 Å². The van der Waals surface area contributed by atoms with E-state index in [9.17, 15) is 4.79 Å². The third kappa shape index (κ3) is 4.93. The Balaban J connectivity index is 1.87. The number of rotatable bonds is 9. The summed E-state index contributed by atoms with van der Waals surface area (Å²) in [6, 6.07) is 19.8. The summed E-state index contributed by atoms with van der Waals surface area (Å²) in [6.07, 6.45) is 2.20. The molecule has 0 saturated heterocycles. The van der Waals surface area contributed by atoms with Gasteiger partial charge in [0.05, 0.1) is 6.61 Å². The Labute approximate surface area is 156 Å². The van der Waals surface area contributed by atoms with E-state index in [-0.39, 0.29) is 12.0 Å². The predicted molar refractivity (Wildman–Crippen MR) is 103 cm³/mol. The van der Waals surface area contributed by atoms with Crippen molar-refractivity contribution in [2.75, 3.05) is 6.61 Å². The minimum Gasteiger partial charge on any atom is -0.465 e. The molecule has 0 radical (unpaired) electrons. The fourth-order valence-corrected chi connectivity index (χ4v) is 3.40. The third-order valence-corrected chi connectivity index (χ3v) is 4.91. The van der Waals surface area contributed by atoms with Crippen LogP contribution in [0.5, 0.6) is 0 Å². The Bertz CT molecular complexity index is 644. The molecule has 3 rings (SSSR count). The number of nitrogens with two attached hydrogens (primary N) is 1. The summed E-state index contributed by atoms with van der Waals surface area (Å²) >= 11 is 0. The SMILES string of the molecule is CCOC(=O)C(C(N)C1CC1)N(Cc1ccccc1)Cc1ccccc1. The highest BCUT2D eigenvalue weighted by molar-refractivity contribution is 5.77. The van der Waals surface area contributed by atoms with Crippen molar-refractivity contribution in [1.29, 1.82) is 0 Å². The van der Waals surface area contributed by atoms with Crippen LogP contribution in [0.4, 0.5) is 0 Å². The van der Waals surface area contributed by atoms with Gasteiger partial charge in [0.15, 0.2) is 0 Å². The maximum absolute atomic E-state index is 12.8. The minimum absolute atomic E-state index is 0.193. The van der Waals surface area contributed by atoms with E-state index < -0.39 is 6.04 Å². The molecule has 2 aromatic carbocycles. The first-order valence-corrected chi connectivity index (χ1v) is 9.43. The summed E-state index contributed by atoms with van der Waals surface area (Å²) in [6.45, 7) is 3.55. The second-order valence-electron chi connectivity index (χ2n) is 6.99.